The van der Waals surface area contributed by atoms with E-state index in [1.54, 1.807) is 12.1 Å². The molecule has 1 fully saturated rings. The molecule has 0 radical (unpaired) electrons. The van der Waals surface area contributed by atoms with Crippen LogP contribution in [-0.4, -0.2) is 35.2 Å². The molecule has 100 valence electrons. The van der Waals surface area contributed by atoms with Gasteiger partial charge in [0.2, 0.25) is 0 Å². The van der Waals surface area contributed by atoms with Crippen molar-refractivity contribution in [3.8, 4) is 0 Å². The Morgan fingerprint density at radius 3 is 2.95 bits per heavy atom. The highest BCUT2D eigenvalue weighted by atomic mass is 35.5. The number of aromatic amines is 1. The first-order valence-corrected chi connectivity index (χ1v) is 6.54. The molecule has 5 nitrogen and oxygen atoms in total. The van der Waals surface area contributed by atoms with Gasteiger partial charge in [-0.1, -0.05) is 11.6 Å². The van der Waals surface area contributed by atoms with Gasteiger partial charge in [-0.3, -0.25) is 0 Å². The summed E-state index contributed by atoms with van der Waals surface area (Å²) >= 11 is 6.08. The van der Waals surface area contributed by atoms with Crippen LogP contribution in [-0.2, 0) is 0 Å². The molecule has 0 spiro atoms. The van der Waals surface area contributed by atoms with Gasteiger partial charge >= 0.3 is 5.97 Å². The Bertz CT molecular complexity index is 632. The van der Waals surface area contributed by atoms with E-state index in [2.05, 4.69) is 15.6 Å². The normalized spacial score (nSPS) is 18.9. The fraction of sp³-hybridized carbons (Fsp3) is 0.308. The molecule has 1 aromatic heterocycles. The van der Waals surface area contributed by atoms with E-state index < -0.39 is 5.97 Å². The number of aromatic carboxylic acids is 1. The maximum absolute atomic E-state index is 11.0. The third kappa shape index (κ3) is 2.39. The molecule has 1 aliphatic heterocycles. The number of hydrogen-bond donors (Lipinski definition) is 4. The lowest BCUT2D eigenvalue weighted by atomic mass is 10.2. The van der Waals surface area contributed by atoms with Crippen LogP contribution in [0.4, 0.5) is 5.69 Å². The Kier molecular flexibility index (Phi) is 3.08. The molecule has 1 unspecified atom stereocenters. The zero-order chi connectivity index (χ0) is 13.4. The van der Waals surface area contributed by atoms with Crippen LogP contribution in [0.15, 0.2) is 18.2 Å². The standard InChI is InChI=1S/C13H14ClN3O2/c14-8-3-7-4-11(13(18)19)17-12(7)10(5-8)16-9-1-2-15-6-9/h3-5,9,15-17H,1-2,6H2,(H,18,19). The van der Waals surface area contributed by atoms with Crippen LogP contribution in [0.5, 0.6) is 0 Å². The number of halogens is 1. The second kappa shape index (κ2) is 4.75. The largest absolute Gasteiger partial charge is 0.477 e. The fourth-order valence-electron chi connectivity index (χ4n) is 2.43. The summed E-state index contributed by atoms with van der Waals surface area (Å²) in [6, 6.07) is 5.53. The molecular formula is C13H14ClN3O2. The molecular weight excluding hydrogens is 266 g/mol. The van der Waals surface area contributed by atoms with Crippen molar-refractivity contribution in [2.45, 2.75) is 12.5 Å². The average Bonchev–Trinajstić information content (AvgIpc) is 2.97. The van der Waals surface area contributed by atoms with Crippen molar-refractivity contribution in [2.24, 2.45) is 0 Å². The first-order chi connectivity index (χ1) is 9.13. The van der Waals surface area contributed by atoms with Crippen molar-refractivity contribution in [3.63, 3.8) is 0 Å². The van der Waals surface area contributed by atoms with E-state index in [4.69, 9.17) is 16.7 Å². The molecule has 1 aromatic carbocycles. The Hall–Kier alpha value is -1.72. The van der Waals surface area contributed by atoms with Crippen LogP contribution in [0.1, 0.15) is 16.9 Å². The van der Waals surface area contributed by atoms with Crippen LogP contribution in [0.2, 0.25) is 5.02 Å². The average molecular weight is 280 g/mol. The molecule has 0 amide bonds. The predicted molar refractivity (Wildman–Crippen MR) is 75.2 cm³/mol. The van der Waals surface area contributed by atoms with Crippen LogP contribution in [0, 0.1) is 0 Å². The van der Waals surface area contributed by atoms with E-state index in [9.17, 15) is 4.79 Å². The number of nitrogens with one attached hydrogen (secondary N) is 3. The van der Waals surface area contributed by atoms with Gasteiger partial charge in [0.05, 0.1) is 11.2 Å². The smallest absolute Gasteiger partial charge is 0.352 e. The van der Waals surface area contributed by atoms with Gasteiger partial charge in [0.15, 0.2) is 0 Å². The van der Waals surface area contributed by atoms with Crippen molar-refractivity contribution in [3.05, 3.63) is 28.9 Å². The molecule has 1 aliphatic rings. The van der Waals surface area contributed by atoms with Gasteiger partial charge in [0.1, 0.15) is 5.69 Å². The quantitative estimate of drug-likeness (QED) is 0.695. The number of carboxylic acid groups (broad SMARTS) is 1. The topological polar surface area (TPSA) is 77.2 Å². The third-order valence-electron chi connectivity index (χ3n) is 3.34. The fourth-order valence-corrected chi connectivity index (χ4v) is 2.66. The minimum atomic E-state index is -0.971. The predicted octanol–water partition coefficient (Wildman–Crippen LogP) is 2.29. The van der Waals surface area contributed by atoms with Crippen molar-refractivity contribution in [2.75, 3.05) is 18.4 Å². The lowest BCUT2D eigenvalue weighted by molar-refractivity contribution is 0.0691. The summed E-state index contributed by atoms with van der Waals surface area (Å²) < 4.78 is 0. The monoisotopic (exact) mass is 279 g/mol. The van der Waals surface area contributed by atoms with Crippen LogP contribution in [0.25, 0.3) is 10.9 Å². The first kappa shape index (κ1) is 12.3. The molecule has 4 N–H and O–H groups in total. The summed E-state index contributed by atoms with van der Waals surface area (Å²) in [6.45, 7) is 1.90. The van der Waals surface area contributed by atoms with Gasteiger partial charge in [0.25, 0.3) is 0 Å². The zero-order valence-electron chi connectivity index (χ0n) is 10.2. The maximum atomic E-state index is 11.0. The third-order valence-corrected chi connectivity index (χ3v) is 3.56. The number of anilines is 1. The molecule has 1 saturated heterocycles. The first-order valence-electron chi connectivity index (χ1n) is 6.16. The second-order valence-electron chi connectivity index (χ2n) is 4.74. The molecule has 2 heterocycles. The SMILES string of the molecule is O=C(O)c1cc2cc(Cl)cc(NC3CCNC3)c2[nH]1. The van der Waals surface area contributed by atoms with E-state index in [1.807, 2.05) is 6.07 Å². The van der Waals surface area contributed by atoms with Gasteiger partial charge in [-0.25, -0.2) is 4.79 Å². The molecule has 0 saturated carbocycles. The van der Waals surface area contributed by atoms with Gasteiger partial charge in [-0.15, -0.1) is 0 Å². The Labute approximate surface area is 114 Å². The molecule has 19 heavy (non-hydrogen) atoms. The van der Waals surface area contributed by atoms with Gasteiger partial charge in [0, 0.05) is 23.0 Å². The number of benzene rings is 1. The summed E-state index contributed by atoms with van der Waals surface area (Å²) in [4.78, 5) is 13.9. The van der Waals surface area contributed by atoms with Gasteiger partial charge in [-0.2, -0.15) is 0 Å². The number of hydrogen-bond acceptors (Lipinski definition) is 3. The molecule has 3 rings (SSSR count). The van der Waals surface area contributed by atoms with E-state index in [-0.39, 0.29) is 5.69 Å². The number of carbonyl (C=O) groups is 1. The zero-order valence-corrected chi connectivity index (χ0v) is 10.9. The number of rotatable bonds is 3. The Morgan fingerprint density at radius 1 is 1.42 bits per heavy atom. The van der Waals surface area contributed by atoms with Crippen molar-refractivity contribution >= 4 is 34.2 Å². The van der Waals surface area contributed by atoms with Crippen molar-refractivity contribution < 1.29 is 9.90 Å². The van der Waals surface area contributed by atoms with Crippen molar-refractivity contribution in [1.29, 1.82) is 0 Å². The summed E-state index contributed by atoms with van der Waals surface area (Å²) in [5.74, 6) is -0.971. The maximum Gasteiger partial charge on any atom is 0.352 e. The van der Waals surface area contributed by atoms with Gasteiger partial charge < -0.3 is 20.7 Å². The lowest BCUT2D eigenvalue weighted by Gasteiger charge is -2.14. The van der Waals surface area contributed by atoms with E-state index in [0.717, 1.165) is 36.1 Å². The number of carboxylic acids is 1. The Balaban J connectivity index is 2.03. The molecule has 1 atom stereocenters. The van der Waals surface area contributed by atoms with Crippen molar-refractivity contribution in [1.82, 2.24) is 10.3 Å². The van der Waals surface area contributed by atoms with E-state index in [1.165, 1.54) is 0 Å². The molecule has 6 heteroatoms. The summed E-state index contributed by atoms with van der Waals surface area (Å²) in [5.41, 5.74) is 1.81. The van der Waals surface area contributed by atoms with Crippen LogP contribution < -0.4 is 10.6 Å². The number of fused-ring (bicyclic) bond motifs is 1. The number of H-pyrrole nitrogens is 1. The van der Waals surface area contributed by atoms with E-state index >= 15 is 0 Å². The van der Waals surface area contributed by atoms with Gasteiger partial charge in [-0.05, 0) is 31.2 Å². The minimum Gasteiger partial charge on any atom is -0.477 e. The second-order valence-corrected chi connectivity index (χ2v) is 5.18. The summed E-state index contributed by atoms with van der Waals surface area (Å²) in [5, 5.41) is 17.1. The Morgan fingerprint density at radius 2 is 2.26 bits per heavy atom. The highest BCUT2D eigenvalue weighted by Crippen LogP contribution is 2.29. The van der Waals surface area contributed by atoms with Crippen LogP contribution in [0.3, 0.4) is 0 Å². The lowest BCUT2D eigenvalue weighted by Crippen LogP contribution is -2.22. The molecule has 0 aliphatic carbocycles. The summed E-state index contributed by atoms with van der Waals surface area (Å²) in [7, 11) is 0. The minimum absolute atomic E-state index is 0.171. The molecule has 0 bridgehead atoms. The van der Waals surface area contributed by atoms with E-state index in [0.29, 0.717) is 11.1 Å². The summed E-state index contributed by atoms with van der Waals surface area (Å²) in [6.07, 6.45) is 1.04. The highest BCUT2D eigenvalue weighted by Gasteiger charge is 2.17. The van der Waals surface area contributed by atoms with Crippen LogP contribution >= 0.6 is 11.6 Å². The highest BCUT2D eigenvalue weighted by molar-refractivity contribution is 6.32. The number of aromatic nitrogens is 1. The molecule has 2 aromatic rings.